The molecule has 0 saturated carbocycles. The van der Waals surface area contributed by atoms with Crippen LogP contribution in [0.5, 0.6) is 0 Å². The minimum Gasteiger partial charge on any atom is -0.326 e. The number of nitrogens with one attached hydrogen (secondary N) is 1. The lowest BCUT2D eigenvalue weighted by molar-refractivity contribution is -0.115. The molecular weight excluding hydrogens is 302 g/mol. The molecule has 0 radical (unpaired) electrons. The molecule has 0 spiro atoms. The fourth-order valence-electron chi connectivity index (χ4n) is 1.58. The molecule has 1 amide bonds. The maximum atomic E-state index is 13.0. The van der Waals surface area contributed by atoms with Gasteiger partial charge in [0, 0.05) is 16.6 Å². The van der Waals surface area contributed by atoms with E-state index in [2.05, 4.69) is 10.3 Å². The second kappa shape index (κ2) is 6.32. The quantitative estimate of drug-likeness (QED) is 0.876. The number of thiazole rings is 1. The van der Waals surface area contributed by atoms with E-state index in [1.54, 1.807) is 0 Å². The van der Waals surface area contributed by atoms with Gasteiger partial charge >= 0.3 is 0 Å². The Labute approximate surface area is 123 Å². The van der Waals surface area contributed by atoms with E-state index in [1.165, 1.54) is 29.2 Å². The van der Waals surface area contributed by atoms with Crippen LogP contribution in [0.2, 0.25) is 0 Å². The standard InChI is InChI=1S/C13H12F2N2OS2/c1-7-11(20-13(16-7)19-2)6-12(18)17-8-3-4-9(14)10(15)5-8/h3-5H,6H2,1-2H3,(H,17,18). The van der Waals surface area contributed by atoms with Crippen molar-refractivity contribution in [3.8, 4) is 0 Å². The second-order valence-corrected chi connectivity index (χ2v) is 6.18. The maximum absolute atomic E-state index is 13.0. The van der Waals surface area contributed by atoms with E-state index in [9.17, 15) is 13.6 Å². The molecule has 106 valence electrons. The molecule has 7 heteroatoms. The van der Waals surface area contributed by atoms with E-state index in [4.69, 9.17) is 0 Å². The van der Waals surface area contributed by atoms with Gasteiger partial charge in [-0.3, -0.25) is 4.79 Å². The molecule has 0 bridgehead atoms. The zero-order valence-corrected chi connectivity index (χ0v) is 12.5. The van der Waals surface area contributed by atoms with E-state index in [0.29, 0.717) is 0 Å². The summed E-state index contributed by atoms with van der Waals surface area (Å²) >= 11 is 2.98. The zero-order valence-electron chi connectivity index (χ0n) is 10.9. The van der Waals surface area contributed by atoms with Crippen molar-refractivity contribution in [1.82, 2.24) is 4.98 Å². The SMILES string of the molecule is CSc1nc(C)c(CC(=O)Nc2ccc(F)c(F)c2)s1. The number of thioether (sulfide) groups is 1. The Morgan fingerprint density at radius 1 is 1.40 bits per heavy atom. The number of carbonyl (C=O) groups excluding carboxylic acids is 1. The number of hydrogen-bond acceptors (Lipinski definition) is 4. The minimum atomic E-state index is -0.985. The highest BCUT2D eigenvalue weighted by Gasteiger charge is 2.12. The Kier molecular flexibility index (Phi) is 4.72. The number of anilines is 1. The molecule has 0 aliphatic heterocycles. The summed E-state index contributed by atoms with van der Waals surface area (Å²) in [5.41, 5.74) is 1.06. The lowest BCUT2D eigenvalue weighted by Crippen LogP contribution is -2.14. The van der Waals surface area contributed by atoms with Crippen molar-refractivity contribution in [3.05, 3.63) is 40.4 Å². The van der Waals surface area contributed by atoms with Crippen LogP contribution in [0.25, 0.3) is 0 Å². The first-order chi connectivity index (χ1) is 9.49. The number of benzene rings is 1. The van der Waals surface area contributed by atoms with Gasteiger partial charge in [0.25, 0.3) is 0 Å². The molecule has 0 unspecified atom stereocenters. The van der Waals surface area contributed by atoms with Crippen LogP contribution in [0.1, 0.15) is 10.6 Å². The van der Waals surface area contributed by atoms with Crippen LogP contribution in [0.3, 0.4) is 0 Å². The number of rotatable bonds is 4. The van der Waals surface area contributed by atoms with E-state index < -0.39 is 11.6 Å². The highest BCUT2D eigenvalue weighted by molar-refractivity contribution is 8.00. The van der Waals surface area contributed by atoms with E-state index >= 15 is 0 Å². The monoisotopic (exact) mass is 314 g/mol. The first-order valence-electron chi connectivity index (χ1n) is 5.75. The van der Waals surface area contributed by atoms with Crippen LogP contribution in [0.4, 0.5) is 14.5 Å². The van der Waals surface area contributed by atoms with E-state index in [-0.39, 0.29) is 18.0 Å². The Bertz CT molecular complexity index is 643. The Hall–Kier alpha value is -1.47. The molecule has 2 rings (SSSR count). The molecular formula is C13H12F2N2OS2. The molecule has 0 aliphatic carbocycles. The third kappa shape index (κ3) is 3.55. The Morgan fingerprint density at radius 3 is 2.75 bits per heavy atom. The highest BCUT2D eigenvalue weighted by Crippen LogP contribution is 2.26. The van der Waals surface area contributed by atoms with Gasteiger partial charge in [-0.2, -0.15) is 0 Å². The highest BCUT2D eigenvalue weighted by atomic mass is 32.2. The molecule has 1 aromatic carbocycles. The molecule has 3 nitrogen and oxygen atoms in total. The Balaban J connectivity index is 2.04. The smallest absolute Gasteiger partial charge is 0.229 e. The summed E-state index contributed by atoms with van der Waals surface area (Å²) in [6.45, 7) is 1.84. The predicted molar refractivity (Wildman–Crippen MR) is 77.3 cm³/mol. The summed E-state index contributed by atoms with van der Waals surface area (Å²) in [5, 5.41) is 2.54. The largest absolute Gasteiger partial charge is 0.326 e. The average Bonchev–Trinajstić information content (AvgIpc) is 2.74. The van der Waals surface area contributed by atoms with Crippen molar-refractivity contribution in [2.24, 2.45) is 0 Å². The topological polar surface area (TPSA) is 42.0 Å². The van der Waals surface area contributed by atoms with Crippen molar-refractivity contribution in [2.45, 2.75) is 17.7 Å². The maximum Gasteiger partial charge on any atom is 0.229 e. The summed E-state index contributed by atoms with van der Waals surface area (Å²) in [6, 6.07) is 3.26. The fourth-order valence-corrected chi connectivity index (χ4v) is 3.23. The minimum absolute atomic E-state index is 0.170. The van der Waals surface area contributed by atoms with Crippen molar-refractivity contribution < 1.29 is 13.6 Å². The van der Waals surface area contributed by atoms with Gasteiger partial charge in [0.15, 0.2) is 11.6 Å². The van der Waals surface area contributed by atoms with Gasteiger partial charge in [-0.25, -0.2) is 13.8 Å². The molecule has 1 aromatic heterocycles. The van der Waals surface area contributed by atoms with Crippen LogP contribution in [-0.2, 0) is 11.2 Å². The van der Waals surface area contributed by atoms with Crippen LogP contribution in [0.15, 0.2) is 22.5 Å². The van der Waals surface area contributed by atoms with Crippen LogP contribution in [0, 0.1) is 18.6 Å². The third-order valence-electron chi connectivity index (χ3n) is 2.57. The van der Waals surface area contributed by atoms with Gasteiger partial charge < -0.3 is 5.32 Å². The van der Waals surface area contributed by atoms with Crippen LogP contribution in [-0.4, -0.2) is 17.1 Å². The first-order valence-corrected chi connectivity index (χ1v) is 7.79. The Morgan fingerprint density at radius 2 is 2.15 bits per heavy atom. The summed E-state index contributed by atoms with van der Waals surface area (Å²) in [6.07, 6.45) is 2.09. The van der Waals surface area contributed by atoms with Crippen molar-refractivity contribution in [3.63, 3.8) is 0 Å². The van der Waals surface area contributed by atoms with Crippen molar-refractivity contribution in [1.29, 1.82) is 0 Å². The number of aromatic nitrogens is 1. The third-order valence-corrected chi connectivity index (χ3v) is 4.71. The number of aryl methyl sites for hydroxylation is 1. The van der Waals surface area contributed by atoms with Gasteiger partial charge in [0.1, 0.15) is 4.34 Å². The fraction of sp³-hybridized carbons (Fsp3) is 0.231. The molecule has 1 heterocycles. The molecule has 0 fully saturated rings. The van der Waals surface area contributed by atoms with Crippen molar-refractivity contribution in [2.75, 3.05) is 11.6 Å². The normalized spacial score (nSPS) is 10.6. The lowest BCUT2D eigenvalue weighted by Gasteiger charge is -2.05. The number of hydrogen-bond donors (Lipinski definition) is 1. The first kappa shape index (κ1) is 14.9. The summed E-state index contributed by atoms with van der Waals surface area (Å²) in [5.74, 6) is -2.21. The van der Waals surface area contributed by atoms with Gasteiger partial charge in [-0.05, 0) is 25.3 Å². The molecule has 2 aromatic rings. The number of nitrogens with zero attached hydrogens (tertiary/aromatic N) is 1. The number of carbonyl (C=O) groups is 1. The summed E-state index contributed by atoms with van der Waals surface area (Å²) in [7, 11) is 0. The van der Waals surface area contributed by atoms with Crippen LogP contribution < -0.4 is 5.32 Å². The van der Waals surface area contributed by atoms with Gasteiger partial charge in [-0.15, -0.1) is 11.3 Å². The summed E-state index contributed by atoms with van der Waals surface area (Å²) < 4.78 is 26.7. The van der Waals surface area contributed by atoms with Crippen LogP contribution >= 0.6 is 23.1 Å². The molecule has 0 aliphatic rings. The van der Waals surface area contributed by atoms with Gasteiger partial charge in [0.05, 0.1) is 12.1 Å². The van der Waals surface area contributed by atoms with Gasteiger partial charge in [0.2, 0.25) is 5.91 Å². The summed E-state index contributed by atoms with van der Waals surface area (Å²) in [4.78, 5) is 17.0. The van der Waals surface area contributed by atoms with Gasteiger partial charge in [-0.1, -0.05) is 11.8 Å². The molecule has 0 saturated heterocycles. The average molecular weight is 314 g/mol. The van der Waals surface area contributed by atoms with E-state index in [1.807, 2.05) is 13.2 Å². The second-order valence-electron chi connectivity index (χ2n) is 4.05. The molecule has 1 N–H and O–H groups in total. The number of amides is 1. The lowest BCUT2D eigenvalue weighted by atomic mass is 10.2. The zero-order chi connectivity index (χ0) is 14.7. The van der Waals surface area contributed by atoms with E-state index in [0.717, 1.165) is 27.0 Å². The number of halogens is 2. The molecule has 0 atom stereocenters. The predicted octanol–water partition coefficient (Wildman–Crippen LogP) is 3.63. The molecule has 20 heavy (non-hydrogen) atoms. The van der Waals surface area contributed by atoms with Crippen molar-refractivity contribution >= 4 is 34.7 Å².